The molecule has 3 rings (SSSR count). The van der Waals surface area contributed by atoms with Crippen LogP contribution in [-0.4, -0.2) is 31.9 Å². The third-order valence-corrected chi connectivity index (χ3v) is 5.54. The minimum atomic E-state index is -0.0813. The van der Waals surface area contributed by atoms with Crippen LogP contribution in [-0.2, 0) is 0 Å². The van der Waals surface area contributed by atoms with Gasteiger partial charge in [0.25, 0.3) is 5.91 Å². The number of fused-ring (bicyclic) bond motifs is 1. The van der Waals surface area contributed by atoms with Crippen LogP contribution in [0.4, 0.5) is 5.69 Å². The summed E-state index contributed by atoms with van der Waals surface area (Å²) in [5.74, 6) is 1.88. The van der Waals surface area contributed by atoms with Crippen molar-refractivity contribution in [1.82, 2.24) is 0 Å². The van der Waals surface area contributed by atoms with E-state index in [9.17, 15) is 4.79 Å². The maximum atomic E-state index is 13.2. The highest BCUT2D eigenvalue weighted by Gasteiger charge is 2.24. The second-order valence-electron chi connectivity index (χ2n) is 5.96. The average Bonchev–Trinajstić information content (AvgIpc) is 2.88. The lowest BCUT2D eigenvalue weighted by molar-refractivity contribution is 0.0986. The molecule has 0 spiro atoms. The Balaban J connectivity index is 1.96. The molecule has 0 radical (unpaired) electrons. The molecule has 2 aromatic carbocycles. The number of amides is 1. The van der Waals surface area contributed by atoms with Gasteiger partial charge in [-0.15, -0.1) is 11.8 Å². The molecule has 0 aromatic heterocycles. The molecule has 1 aliphatic heterocycles. The second kappa shape index (κ2) is 8.69. The first-order valence-corrected chi connectivity index (χ1v) is 10.1. The van der Waals surface area contributed by atoms with E-state index in [4.69, 9.17) is 21.1 Å². The highest BCUT2D eigenvalue weighted by atomic mass is 35.5. The average molecular weight is 392 g/mol. The summed E-state index contributed by atoms with van der Waals surface area (Å²) >= 11 is 8.17. The molecule has 2 aromatic rings. The van der Waals surface area contributed by atoms with Crippen molar-refractivity contribution < 1.29 is 14.3 Å². The van der Waals surface area contributed by atoms with E-state index in [2.05, 4.69) is 6.07 Å². The Morgan fingerprint density at radius 2 is 2.12 bits per heavy atom. The van der Waals surface area contributed by atoms with Gasteiger partial charge in [0.05, 0.1) is 24.4 Å². The Hall–Kier alpha value is -1.85. The quantitative estimate of drug-likeness (QED) is 0.695. The fourth-order valence-electron chi connectivity index (χ4n) is 2.88. The molecule has 138 valence electrons. The van der Waals surface area contributed by atoms with Crippen LogP contribution in [0, 0.1) is 0 Å². The normalized spacial score (nSPS) is 13.7. The fraction of sp³-hybridized carbons (Fsp3) is 0.350. The number of carbonyl (C=O) groups excluding carboxylic acids is 1. The molecule has 6 heteroatoms. The predicted octanol–water partition coefficient (Wildman–Crippen LogP) is 5.28. The van der Waals surface area contributed by atoms with Crippen LogP contribution in [0.2, 0.25) is 5.02 Å². The van der Waals surface area contributed by atoms with Crippen molar-refractivity contribution in [3.05, 3.63) is 47.0 Å². The molecule has 1 heterocycles. The summed E-state index contributed by atoms with van der Waals surface area (Å²) < 4.78 is 11.1. The molecule has 0 saturated carbocycles. The number of nitrogens with zero attached hydrogens (tertiary/aromatic N) is 1. The van der Waals surface area contributed by atoms with E-state index >= 15 is 0 Å². The maximum absolute atomic E-state index is 13.2. The zero-order valence-corrected chi connectivity index (χ0v) is 16.5. The predicted molar refractivity (Wildman–Crippen MR) is 107 cm³/mol. The van der Waals surface area contributed by atoms with E-state index in [0.717, 1.165) is 29.2 Å². The second-order valence-corrected chi connectivity index (χ2v) is 7.51. The van der Waals surface area contributed by atoms with Gasteiger partial charge < -0.3 is 14.4 Å². The number of halogens is 1. The van der Waals surface area contributed by atoms with Crippen LogP contribution in [0.1, 0.15) is 30.1 Å². The summed E-state index contributed by atoms with van der Waals surface area (Å²) in [6.45, 7) is 3.24. The number of hydrogen-bond donors (Lipinski definition) is 0. The molecule has 26 heavy (non-hydrogen) atoms. The van der Waals surface area contributed by atoms with E-state index in [1.165, 1.54) is 0 Å². The molecule has 0 fully saturated rings. The molecule has 0 atom stereocenters. The topological polar surface area (TPSA) is 38.8 Å². The van der Waals surface area contributed by atoms with Crippen molar-refractivity contribution in [2.45, 2.75) is 24.7 Å². The number of carbonyl (C=O) groups is 1. The van der Waals surface area contributed by atoms with Crippen molar-refractivity contribution in [1.29, 1.82) is 0 Å². The van der Waals surface area contributed by atoms with Gasteiger partial charge in [0.1, 0.15) is 0 Å². The van der Waals surface area contributed by atoms with E-state index in [1.54, 1.807) is 31.0 Å². The Labute approximate surface area is 163 Å². The number of ether oxygens (including phenoxy) is 2. The highest BCUT2D eigenvalue weighted by molar-refractivity contribution is 7.99. The van der Waals surface area contributed by atoms with Crippen molar-refractivity contribution >= 4 is 35.0 Å². The summed E-state index contributed by atoms with van der Waals surface area (Å²) in [5.41, 5.74) is 1.44. The van der Waals surface area contributed by atoms with Gasteiger partial charge in [-0.1, -0.05) is 30.7 Å². The summed E-state index contributed by atoms with van der Waals surface area (Å²) in [4.78, 5) is 16.2. The van der Waals surface area contributed by atoms with Crippen LogP contribution in [0.3, 0.4) is 0 Å². The third kappa shape index (κ3) is 3.94. The molecular weight excluding hydrogens is 370 g/mol. The summed E-state index contributed by atoms with van der Waals surface area (Å²) in [6, 6.07) is 11.4. The van der Waals surface area contributed by atoms with Crippen LogP contribution in [0.25, 0.3) is 0 Å². The van der Waals surface area contributed by atoms with Crippen LogP contribution in [0.5, 0.6) is 11.5 Å². The van der Waals surface area contributed by atoms with Gasteiger partial charge in [-0.25, -0.2) is 0 Å². The van der Waals surface area contributed by atoms with Gasteiger partial charge in [0.2, 0.25) is 0 Å². The Morgan fingerprint density at radius 1 is 1.31 bits per heavy atom. The van der Waals surface area contributed by atoms with E-state index in [1.807, 2.05) is 30.0 Å². The van der Waals surface area contributed by atoms with E-state index in [-0.39, 0.29) is 5.91 Å². The minimum absolute atomic E-state index is 0.0813. The number of rotatable bonds is 5. The van der Waals surface area contributed by atoms with E-state index in [0.29, 0.717) is 35.2 Å². The molecule has 1 aliphatic rings. The third-order valence-electron chi connectivity index (χ3n) is 4.11. The number of hydrogen-bond acceptors (Lipinski definition) is 4. The van der Waals surface area contributed by atoms with Gasteiger partial charge >= 0.3 is 0 Å². The van der Waals surface area contributed by atoms with Crippen molar-refractivity contribution in [2.24, 2.45) is 0 Å². The molecule has 0 aliphatic carbocycles. The van der Waals surface area contributed by atoms with Crippen molar-refractivity contribution in [3.8, 4) is 11.5 Å². The minimum Gasteiger partial charge on any atom is -0.493 e. The zero-order chi connectivity index (χ0) is 18.5. The van der Waals surface area contributed by atoms with Crippen LogP contribution >= 0.6 is 23.4 Å². The molecule has 0 unspecified atom stereocenters. The number of methoxy groups -OCH3 is 1. The SMILES string of the molecule is CCCOc1c(Cl)cc(C(=O)N2CCCSc3ccccc32)cc1OC. The monoisotopic (exact) mass is 391 g/mol. The first-order valence-electron chi connectivity index (χ1n) is 8.69. The summed E-state index contributed by atoms with van der Waals surface area (Å²) in [5, 5.41) is 0.388. The zero-order valence-electron chi connectivity index (χ0n) is 15.0. The molecule has 0 N–H and O–H groups in total. The van der Waals surface area contributed by atoms with Gasteiger partial charge in [-0.2, -0.15) is 0 Å². The first kappa shape index (κ1) is 18.9. The van der Waals surface area contributed by atoms with Gasteiger partial charge in [0, 0.05) is 17.0 Å². The lowest BCUT2D eigenvalue weighted by Gasteiger charge is -2.23. The lowest BCUT2D eigenvalue weighted by Crippen LogP contribution is -2.31. The molecule has 0 saturated heterocycles. The van der Waals surface area contributed by atoms with Gasteiger partial charge in [-0.05, 0) is 42.9 Å². The maximum Gasteiger partial charge on any atom is 0.258 e. The number of benzene rings is 2. The van der Waals surface area contributed by atoms with Crippen molar-refractivity contribution in [3.63, 3.8) is 0 Å². The Morgan fingerprint density at radius 3 is 2.88 bits per heavy atom. The number of para-hydroxylation sites is 1. The lowest BCUT2D eigenvalue weighted by atomic mass is 10.1. The van der Waals surface area contributed by atoms with Crippen LogP contribution in [0.15, 0.2) is 41.3 Å². The van der Waals surface area contributed by atoms with Gasteiger partial charge in [-0.3, -0.25) is 4.79 Å². The molecular formula is C20H22ClNO3S. The molecule has 0 bridgehead atoms. The Bertz CT molecular complexity index is 797. The first-order chi connectivity index (χ1) is 12.7. The standard InChI is InChI=1S/C20H22ClNO3S/c1-3-10-25-19-15(21)12-14(13-17(19)24-2)20(23)22-9-6-11-26-18-8-5-4-7-16(18)22/h4-5,7-8,12-13H,3,6,9-11H2,1-2H3. The van der Waals surface area contributed by atoms with Crippen molar-refractivity contribution in [2.75, 3.05) is 30.9 Å². The Kier molecular flexibility index (Phi) is 6.33. The van der Waals surface area contributed by atoms with Gasteiger partial charge in [0.15, 0.2) is 11.5 Å². The van der Waals surface area contributed by atoms with E-state index < -0.39 is 0 Å². The number of thioether (sulfide) groups is 1. The highest BCUT2D eigenvalue weighted by Crippen LogP contribution is 2.38. The fourth-order valence-corrected chi connectivity index (χ4v) is 4.14. The number of anilines is 1. The molecule has 4 nitrogen and oxygen atoms in total. The summed E-state index contributed by atoms with van der Waals surface area (Å²) in [6.07, 6.45) is 1.80. The molecule has 1 amide bonds. The summed E-state index contributed by atoms with van der Waals surface area (Å²) in [7, 11) is 1.55. The van der Waals surface area contributed by atoms with Crippen LogP contribution < -0.4 is 14.4 Å². The smallest absolute Gasteiger partial charge is 0.258 e. The largest absolute Gasteiger partial charge is 0.493 e.